The topological polar surface area (TPSA) is 39.2 Å². The molecule has 0 saturated heterocycles. The number of aromatic nitrogens is 1. The Morgan fingerprint density at radius 2 is 2.38 bits per heavy atom. The van der Waals surface area contributed by atoms with Crippen molar-refractivity contribution in [1.82, 2.24) is 4.98 Å². The average Bonchev–Trinajstić information content (AvgIpc) is 2.29. The van der Waals surface area contributed by atoms with Crippen molar-refractivity contribution >= 4 is 17.6 Å². The van der Waals surface area contributed by atoms with Gasteiger partial charge >= 0.3 is 5.97 Å². The summed E-state index contributed by atoms with van der Waals surface area (Å²) in [5.41, 5.74) is 1.85. The number of hydrogen-bond acceptors (Lipinski definition) is 3. The van der Waals surface area contributed by atoms with E-state index in [9.17, 15) is 4.79 Å². The van der Waals surface area contributed by atoms with Crippen molar-refractivity contribution in [3.63, 3.8) is 0 Å². The van der Waals surface area contributed by atoms with E-state index in [1.807, 2.05) is 0 Å². The molecule has 0 radical (unpaired) electrons. The Morgan fingerprint density at radius 1 is 1.62 bits per heavy atom. The van der Waals surface area contributed by atoms with Crippen LogP contribution >= 0.6 is 11.6 Å². The second-order valence-electron chi connectivity index (χ2n) is 3.12. The number of alkyl halides is 1. The first-order valence-corrected chi connectivity index (χ1v) is 5.32. The van der Waals surface area contributed by atoms with Crippen molar-refractivity contribution in [2.75, 3.05) is 13.0 Å². The van der Waals surface area contributed by atoms with Gasteiger partial charge in [-0.2, -0.15) is 0 Å². The van der Waals surface area contributed by atoms with Gasteiger partial charge in [0.1, 0.15) is 0 Å². The fourth-order valence-electron chi connectivity index (χ4n) is 1.17. The number of methoxy groups -OCH3 is 1. The third kappa shape index (κ3) is 3.25. The standard InChI is InChI=1S/C12H12ClNO2/c1-9-7-10(5-3-4-6-13)8-14-11(9)12(15)16-2/h7-8H,4,6H2,1-2H3. The van der Waals surface area contributed by atoms with Crippen molar-refractivity contribution in [3.8, 4) is 11.8 Å². The summed E-state index contributed by atoms with van der Waals surface area (Å²) < 4.78 is 4.60. The zero-order valence-corrected chi connectivity index (χ0v) is 9.97. The van der Waals surface area contributed by atoms with Gasteiger partial charge in [-0.1, -0.05) is 11.8 Å². The van der Waals surface area contributed by atoms with Crippen molar-refractivity contribution in [2.45, 2.75) is 13.3 Å². The molecule has 0 spiro atoms. The Hall–Kier alpha value is -1.53. The van der Waals surface area contributed by atoms with E-state index in [0.717, 1.165) is 11.1 Å². The molecule has 84 valence electrons. The van der Waals surface area contributed by atoms with Gasteiger partial charge in [-0.05, 0) is 18.6 Å². The van der Waals surface area contributed by atoms with Gasteiger partial charge in [0.15, 0.2) is 5.69 Å². The lowest BCUT2D eigenvalue weighted by Gasteiger charge is -2.02. The van der Waals surface area contributed by atoms with Crippen LogP contribution in [-0.4, -0.2) is 23.9 Å². The van der Waals surface area contributed by atoms with Crippen LogP contribution in [0.4, 0.5) is 0 Å². The molecule has 0 N–H and O–H groups in total. The molecular formula is C12H12ClNO2. The van der Waals surface area contributed by atoms with Crippen LogP contribution in [0, 0.1) is 18.8 Å². The molecule has 0 aliphatic rings. The molecule has 1 aromatic heterocycles. The third-order valence-electron chi connectivity index (χ3n) is 1.91. The van der Waals surface area contributed by atoms with Crippen molar-refractivity contribution < 1.29 is 9.53 Å². The fraction of sp³-hybridized carbons (Fsp3) is 0.333. The molecule has 0 fully saturated rings. The number of carbonyl (C=O) groups is 1. The number of ether oxygens (including phenoxy) is 1. The minimum Gasteiger partial charge on any atom is -0.464 e. The Kier molecular flexibility index (Phi) is 4.81. The highest BCUT2D eigenvalue weighted by atomic mass is 35.5. The van der Waals surface area contributed by atoms with Gasteiger partial charge in [-0.25, -0.2) is 9.78 Å². The molecule has 0 saturated carbocycles. The SMILES string of the molecule is COC(=O)c1ncc(C#CCCCl)cc1C. The summed E-state index contributed by atoms with van der Waals surface area (Å²) >= 11 is 5.51. The molecule has 0 aliphatic carbocycles. The summed E-state index contributed by atoms with van der Waals surface area (Å²) in [7, 11) is 1.33. The summed E-state index contributed by atoms with van der Waals surface area (Å²) in [5.74, 6) is 5.91. The van der Waals surface area contributed by atoms with Gasteiger partial charge < -0.3 is 4.74 Å². The number of nitrogens with zero attached hydrogens (tertiary/aromatic N) is 1. The quantitative estimate of drug-likeness (QED) is 0.450. The third-order valence-corrected chi connectivity index (χ3v) is 2.10. The Balaban J connectivity index is 2.92. The summed E-state index contributed by atoms with van der Waals surface area (Å²) in [6.45, 7) is 1.80. The molecule has 0 atom stereocenters. The van der Waals surface area contributed by atoms with E-state index in [0.29, 0.717) is 18.0 Å². The summed E-state index contributed by atoms with van der Waals surface area (Å²) in [5, 5.41) is 0. The lowest BCUT2D eigenvalue weighted by atomic mass is 10.1. The number of esters is 1. The van der Waals surface area contributed by atoms with E-state index >= 15 is 0 Å². The normalized spacial score (nSPS) is 9.19. The van der Waals surface area contributed by atoms with Crippen LogP contribution in [0.25, 0.3) is 0 Å². The first-order chi connectivity index (χ1) is 7.69. The van der Waals surface area contributed by atoms with Crippen LogP contribution in [0.5, 0.6) is 0 Å². The minimum atomic E-state index is -0.433. The smallest absolute Gasteiger partial charge is 0.356 e. The summed E-state index contributed by atoms with van der Waals surface area (Å²) in [4.78, 5) is 15.3. The van der Waals surface area contributed by atoms with Gasteiger partial charge in [0.2, 0.25) is 0 Å². The highest BCUT2D eigenvalue weighted by Crippen LogP contribution is 2.08. The molecule has 1 rings (SSSR count). The second-order valence-corrected chi connectivity index (χ2v) is 3.50. The lowest BCUT2D eigenvalue weighted by molar-refractivity contribution is 0.0593. The molecule has 1 heterocycles. The average molecular weight is 238 g/mol. The lowest BCUT2D eigenvalue weighted by Crippen LogP contribution is -2.06. The number of hydrogen-bond donors (Lipinski definition) is 0. The van der Waals surface area contributed by atoms with E-state index in [2.05, 4.69) is 21.6 Å². The predicted molar refractivity (Wildman–Crippen MR) is 62.5 cm³/mol. The van der Waals surface area contributed by atoms with E-state index in [-0.39, 0.29) is 0 Å². The van der Waals surface area contributed by atoms with E-state index in [1.165, 1.54) is 7.11 Å². The van der Waals surface area contributed by atoms with Crippen LogP contribution in [-0.2, 0) is 4.74 Å². The van der Waals surface area contributed by atoms with Gasteiger partial charge in [-0.15, -0.1) is 11.6 Å². The zero-order chi connectivity index (χ0) is 12.0. The van der Waals surface area contributed by atoms with Crippen LogP contribution in [0.3, 0.4) is 0 Å². The molecule has 0 aliphatic heterocycles. The predicted octanol–water partition coefficient (Wildman–Crippen LogP) is 2.16. The molecule has 16 heavy (non-hydrogen) atoms. The van der Waals surface area contributed by atoms with Crippen LogP contribution in [0.1, 0.15) is 28.0 Å². The molecule has 0 aromatic carbocycles. The maximum Gasteiger partial charge on any atom is 0.356 e. The first-order valence-electron chi connectivity index (χ1n) is 4.79. The number of carbonyl (C=O) groups excluding carboxylic acids is 1. The summed E-state index contributed by atoms with van der Waals surface area (Å²) in [6.07, 6.45) is 2.19. The first kappa shape index (κ1) is 12.5. The Labute approximate surface area is 99.8 Å². The maximum atomic E-state index is 11.3. The number of rotatable bonds is 2. The van der Waals surface area contributed by atoms with Crippen molar-refractivity contribution in [1.29, 1.82) is 0 Å². The fourth-order valence-corrected chi connectivity index (χ4v) is 1.26. The summed E-state index contributed by atoms with van der Waals surface area (Å²) in [6, 6.07) is 1.81. The zero-order valence-electron chi connectivity index (χ0n) is 9.21. The van der Waals surface area contributed by atoms with Crippen molar-refractivity contribution in [3.05, 3.63) is 29.1 Å². The van der Waals surface area contributed by atoms with Crippen LogP contribution < -0.4 is 0 Å². The monoisotopic (exact) mass is 237 g/mol. The maximum absolute atomic E-state index is 11.3. The number of aryl methyl sites for hydroxylation is 1. The Morgan fingerprint density at radius 3 is 2.94 bits per heavy atom. The van der Waals surface area contributed by atoms with Gasteiger partial charge in [0, 0.05) is 24.1 Å². The molecule has 4 heteroatoms. The van der Waals surface area contributed by atoms with Gasteiger partial charge in [-0.3, -0.25) is 0 Å². The van der Waals surface area contributed by atoms with Gasteiger partial charge in [0.25, 0.3) is 0 Å². The van der Waals surface area contributed by atoms with E-state index < -0.39 is 5.97 Å². The van der Waals surface area contributed by atoms with E-state index in [1.54, 1.807) is 19.2 Å². The second kappa shape index (κ2) is 6.14. The van der Waals surface area contributed by atoms with Crippen LogP contribution in [0.2, 0.25) is 0 Å². The molecular weight excluding hydrogens is 226 g/mol. The van der Waals surface area contributed by atoms with E-state index in [4.69, 9.17) is 11.6 Å². The number of pyridine rings is 1. The molecule has 0 bridgehead atoms. The molecule has 3 nitrogen and oxygen atoms in total. The Bertz CT molecular complexity index is 446. The van der Waals surface area contributed by atoms with Crippen LogP contribution in [0.15, 0.2) is 12.3 Å². The highest BCUT2D eigenvalue weighted by Gasteiger charge is 2.10. The molecule has 0 amide bonds. The number of halogens is 1. The van der Waals surface area contributed by atoms with Crippen molar-refractivity contribution in [2.24, 2.45) is 0 Å². The van der Waals surface area contributed by atoms with Gasteiger partial charge in [0.05, 0.1) is 7.11 Å². The molecule has 1 aromatic rings. The molecule has 0 unspecified atom stereocenters. The minimum absolute atomic E-state index is 0.324. The highest BCUT2D eigenvalue weighted by molar-refractivity contribution is 6.18. The largest absolute Gasteiger partial charge is 0.464 e.